The van der Waals surface area contributed by atoms with E-state index < -0.39 is 0 Å². The number of para-hydroxylation sites is 2. The van der Waals surface area contributed by atoms with Crippen molar-refractivity contribution in [3.63, 3.8) is 0 Å². The van der Waals surface area contributed by atoms with Crippen molar-refractivity contribution in [3.05, 3.63) is 109 Å². The molecule has 1 heterocycles. The van der Waals surface area contributed by atoms with E-state index in [1.165, 1.54) is 10.9 Å². The number of hydrogen-bond acceptors (Lipinski definition) is 7. The Morgan fingerprint density at radius 1 is 1.00 bits per heavy atom. The van der Waals surface area contributed by atoms with Gasteiger partial charge in [-0.05, 0) is 96.2 Å². The van der Waals surface area contributed by atoms with Gasteiger partial charge in [0, 0.05) is 21.3 Å². The summed E-state index contributed by atoms with van der Waals surface area (Å²) in [6.45, 7) is 10.5. The largest absolute Gasteiger partial charge is 0.494 e. The number of carbonyl (C=O) groups is 1. The van der Waals surface area contributed by atoms with Crippen molar-refractivity contribution < 1.29 is 19.0 Å². The average Bonchev–Trinajstić information content (AvgIpc) is 3.07. The van der Waals surface area contributed by atoms with Crippen LogP contribution in [0.5, 0.6) is 17.2 Å². The molecule has 5 rings (SSSR count). The molecular formula is C37H36BrClN4O5. The van der Waals surface area contributed by atoms with E-state index in [2.05, 4.69) is 40.2 Å². The topological polar surface area (TPSA) is 104 Å². The third-order valence-electron chi connectivity index (χ3n) is 7.45. The Morgan fingerprint density at radius 2 is 1.69 bits per heavy atom. The minimum absolute atomic E-state index is 0.162. The van der Waals surface area contributed by atoms with Crippen LogP contribution < -0.4 is 25.1 Å². The number of halogens is 2. The highest BCUT2D eigenvalue weighted by Crippen LogP contribution is 2.42. The van der Waals surface area contributed by atoms with Gasteiger partial charge in [0.05, 0.1) is 30.3 Å². The van der Waals surface area contributed by atoms with E-state index in [0.29, 0.717) is 51.4 Å². The molecule has 4 aromatic carbocycles. The first kappa shape index (κ1) is 34.7. The predicted molar refractivity (Wildman–Crippen MR) is 195 cm³/mol. The number of ether oxygens (including phenoxy) is 3. The highest BCUT2D eigenvalue weighted by Gasteiger charge is 2.21. The van der Waals surface area contributed by atoms with Gasteiger partial charge < -0.3 is 19.5 Å². The maximum atomic E-state index is 14.0. The van der Waals surface area contributed by atoms with Gasteiger partial charge in [-0.1, -0.05) is 55.8 Å². The monoisotopic (exact) mass is 730 g/mol. The van der Waals surface area contributed by atoms with Crippen molar-refractivity contribution in [1.29, 1.82) is 0 Å². The van der Waals surface area contributed by atoms with E-state index in [-0.39, 0.29) is 34.8 Å². The lowest BCUT2D eigenvalue weighted by Crippen LogP contribution is -2.21. The summed E-state index contributed by atoms with van der Waals surface area (Å²) in [6, 6.07) is 21.9. The number of aromatic nitrogens is 2. The lowest BCUT2D eigenvalue weighted by Gasteiger charge is -2.18. The van der Waals surface area contributed by atoms with E-state index in [1.807, 2.05) is 63.2 Å². The SMILES string of the molecule is CCOc1cc(C)c(-c2nc3ccccc3c(=O)n2N=Cc2cc(OCC)c(OCC(=O)Nc3ccccc3)c(Cl)c2Br)cc1C(C)C. The molecule has 0 saturated carbocycles. The average molecular weight is 732 g/mol. The van der Waals surface area contributed by atoms with E-state index in [9.17, 15) is 9.59 Å². The van der Waals surface area contributed by atoms with Crippen LogP contribution in [0.3, 0.4) is 0 Å². The van der Waals surface area contributed by atoms with Gasteiger partial charge in [0.1, 0.15) is 10.8 Å². The number of anilines is 1. The number of aryl methyl sites for hydroxylation is 1. The second kappa shape index (κ2) is 15.5. The van der Waals surface area contributed by atoms with Gasteiger partial charge in [0.25, 0.3) is 11.5 Å². The van der Waals surface area contributed by atoms with Crippen LogP contribution in [0.15, 0.2) is 87.2 Å². The molecule has 11 heteroatoms. The number of benzene rings is 4. The highest BCUT2D eigenvalue weighted by atomic mass is 79.9. The summed E-state index contributed by atoms with van der Waals surface area (Å²) in [5, 5.41) is 8.06. The van der Waals surface area contributed by atoms with E-state index in [4.69, 9.17) is 30.8 Å². The standard InChI is InChI=1S/C37H36BrClN4O5/c1-6-46-30-17-23(5)28(19-27(30)22(3)4)36-42-29-16-12-11-15-26(29)37(45)43(36)40-20-24-18-31(47-7-2)35(34(39)33(24)38)48-21-32(44)41-25-13-9-8-10-14-25/h8-20,22H,6-7,21H2,1-5H3,(H,41,44). The molecule has 0 aliphatic heterocycles. The molecule has 1 amide bonds. The first-order chi connectivity index (χ1) is 23.1. The maximum absolute atomic E-state index is 14.0. The number of hydrogen-bond donors (Lipinski definition) is 1. The zero-order chi connectivity index (χ0) is 34.4. The molecule has 0 saturated heterocycles. The summed E-state index contributed by atoms with van der Waals surface area (Å²) in [6.07, 6.45) is 1.51. The van der Waals surface area contributed by atoms with Crippen LogP contribution in [0.1, 0.15) is 50.3 Å². The molecule has 0 spiro atoms. The maximum Gasteiger partial charge on any atom is 0.282 e. The van der Waals surface area contributed by atoms with E-state index >= 15 is 0 Å². The number of carbonyl (C=O) groups excluding carboxylic acids is 1. The van der Waals surface area contributed by atoms with Crippen LogP contribution in [0.4, 0.5) is 5.69 Å². The molecule has 0 fully saturated rings. The molecule has 0 atom stereocenters. The van der Waals surface area contributed by atoms with Crippen molar-refractivity contribution in [2.24, 2.45) is 5.10 Å². The van der Waals surface area contributed by atoms with Crippen molar-refractivity contribution in [1.82, 2.24) is 9.66 Å². The van der Waals surface area contributed by atoms with Crippen LogP contribution in [-0.4, -0.2) is 41.6 Å². The summed E-state index contributed by atoms with van der Waals surface area (Å²) in [5.74, 6) is 1.50. The van der Waals surface area contributed by atoms with Gasteiger partial charge in [-0.3, -0.25) is 9.59 Å². The van der Waals surface area contributed by atoms with Crippen molar-refractivity contribution in [2.45, 2.75) is 40.5 Å². The molecule has 0 bridgehead atoms. The lowest BCUT2D eigenvalue weighted by molar-refractivity contribution is -0.118. The summed E-state index contributed by atoms with van der Waals surface area (Å²) in [4.78, 5) is 31.5. The summed E-state index contributed by atoms with van der Waals surface area (Å²) in [7, 11) is 0. The highest BCUT2D eigenvalue weighted by molar-refractivity contribution is 9.10. The Morgan fingerprint density at radius 3 is 2.40 bits per heavy atom. The van der Waals surface area contributed by atoms with Crippen LogP contribution in [0.2, 0.25) is 5.02 Å². The van der Waals surface area contributed by atoms with Crippen molar-refractivity contribution >= 4 is 56.2 Å². The Balaban J connectivity index is 1.57. The minimum Gasteiger partial charge on any atom is -0.494 e. The Labute approximate surface area is 292 Å². The number of rotatable bonds is 12. The van der Waals surface area contributed by atoms with Gasteiger partial charge in [0.15, 0.2) is 23.9 Å². The molecule has 0 aliphatic carbocycles. The first-order valence-electron chi connectivity index (χ1n) is 15.6. The second-order valence-electron chi connectivity index (χ2n) is 11.2. The van der Waals surface area contributed by atoms with Gasteiger partial charge >= 0.3 is 0 Å². The van der Waals surface area contributed by atoms with Crippen LogP contribution in [0, 0.1) is 6.92 Å². The number of fused-ring (bicyclic) bond motifs is 1. The van der Waals surface area contributed by atoms with Gasteiger partial charge in [-0.25, -0.2) is 4.98 Å². The molecular weight excluding hydrogens is 696 g/mol. The normalized spacial score (nSPS) is 11.3. The molecule has 9 nitrogen and oxygen atoms in total. The molecule has 48 heavy (non-hydrogen) atoms. The third-order valence-corrected chi connectivity index (χ3v) is 8.89. The molecule has 248 valence electrons. The third kappa shape index (κ3) is 7.55. The minimum atomic E-state index is -0.359. The van der Waals surface area contributed by atoms with E-state index in [1.54, 1.807) is 30.3 Å². The molecule has 5 aromatic rings. The second-order valence-corrected chi connectivity index (χ2v) is 12.3. The van der Waals surface area contributed by atoms with E-state index in [0.717, 1.165) is 22.4 Å². The van der Waals surface area contributed by atoms with Crippen LogP contribution in [-0.2, 0) is 4.79 Å². The lowest BCUT2D eigenvalue weighted by atomic mass is 9.96. The van der Waals surface area contributed by atoms with Gasteiger partial charge in [-0.15, -0.1) is 0 Å². The Kier molecular flexibility index (Phi) is 11.2. The Bertz CT molecular complexity index is 2050. The molecule has 1 N–H and O–H groups in total. The summed E-state index contributed by atoms with van der Waals surface area (Å²) in [5.41, 5.74) is 4.03. The smallest absolute Gasteiger partial charge is 0.282 e. The molecule has 0 radical (unpaired) electrons. The van der Waals surface area contributed by atoms with Crippen LogP contribution in [0.25, 0.3) is 22.3 Å². The molecule has 0 unspecified atom stereocenters. The van der Waals surface area contributed by atoms with Gasteiger partial charge in [0.2, 0.25) is 0 Å². The number of nitrogens with zero attached hydrogens (tertiary/aromatic N) is 3. The fourth-order valence-electron chi connectivity index (χ4n) is 5.15. The van der Waals surface area contributed by atoms with Crippen molar-refractivity contribution in [3.8, 4) is 28.6 Å². The zero-order valence-corrected chi connectivity index (χ0v) is 29.7. The Hall–Kier alpha value is -4.67. The predicted octanol–water partition coefficient (Wildman–Crippen LogP) is 8.61. The fraction of sp³-hybridized carbons (Fsp3) is 0.243. The molecule has 1 aromatic heterocycles. The fourth-order valence-corrected chi connectivity index (χ4v) is 5.80. The number of amides is 1. The molecule has 0 aliphatic rings. The van der Waals surface area contributed by atoms with Gasteiger partial charge in [-0.2, -0.15) is 9.78 Å². The summed E-state index contributed by atoms with van der Waals surface area (Å²) >= 11 is 10.3. The zero-order valence-electron chi connectivity index (χ0n) is 27.3. The summed E-state index contributed by atoms with van der Waals surface area (Å²) < 4.78 is 19.4. The van der Waals surface area contributed by atoms with Crippen LogP contribution >= 0.6 is 27.5 Å². The number of nitrogens with one attached hydrogen (secondary N) is 1. The first-order valence-corrected chi connectivity index (χ1v) is 16.8. The van der Waals surface area contributed by atoms with Crippen molar-refractivity contribution in [2.75, 3.05) is 25.1 Å². The quantitative estimate of drug-likeness (QED) is 0.129.